The van der Waals surface area contributed by atoms with Gasteiger partial charge < -0.3 is 14.8 Å². The van der Waals surface area contributed by atoms with Gasteiger partial charge >= 0.3 is 0 Å². The highest BCUT2D eigenvalue weighted by molar-refractivity contribution is 5.62. The summed E-state index contributed by atoms with van der Waals surface area (Å²) in [5, 5.41) is 3.41. The molecule has 74 valence electrons. The molecule has 0 fully saturated rings. The van der Waals surface area contributed by atoms with Gasteiger partial charge in [-0.1, -0.05) is 6.92 Å². The molecule has 0 spiro atoms. The fraction of sp³-hybridized carbons (Fsp3) is 0.455. The predicted octanol–water partition coefficient (Wildman–Crippen LogP) is 2.02. The summed E-state index contributed by atoms with van der Waals surface area (Å²) < 4.78 is 10.7. The number of hydrogen-bond acceptors (Lipinski definition) is 3. The Morgan fingerprint density at radius 1 is 1.29 bits per heavy atom. The van der Waals surface area contributed by atoms with Gasteiger partial charge in [-0.15, -0.1) is 0 Å². The molecule has 2 aliphatic heterocycles. The SMILES string of the molecule is CC1CNc2cc3c(cc2C1)OCO3. The second kappa shape index (κ2) is 2.80. The Morgan fingerprint density at radius 2 is 2.07 bits per heavy atom. The first-order valence-electron chi connectivity index (χ1n) is 4.99. The molecule has 1 N–H and O–H groups in total. The van der Waals surface area contributed by atoms with E-state index in [9.17, 15) is 0 Å². The van der Waals surface area contributed by atoms with E-state index < -0.39 is 0 Å². The first-order chi connectivity index (χ1) is 6.83. The van der Waals surface area contributed by atoms with Crippen molar-refractivity contribution in [2.75, 3.05) is 18.7 Å². The van der Waals surface area contributed by atoms with Crippen LogP contribution in [0, 0.1) is 5.92 Å². The topological polar surface area (TPSA) is 30.5 Å². The highest BCUT2D eigenvalue weighted by Crippen LogP contribution is 2.39. The molecule has 0 radical (unpaired) electrons. The summed E-state index contributed by atoms with van der Waals surface area (Å²) in [5.74, 6) is 2.45. The van der Waals surface area contributed by atoms with E-state index in [0.29, 0.717) is 12.7 Å². The first kappa shape index (κ1) is 7.97. The quantitative estimate of drug-likeness (QED) is 0.680. The van der Waals surface area contributed by atoms with Crippen molar-refractivity contribution in [1.82, 2.24) is 0 Å². The lowest BCUT2D eigenvalue weighted by molar-refractivity contribution is 0.174. The first-order valence-corrected chi connectivity index (χ1v) is 4.99. The van der Waals surface area contributed by atoms with Gasteiger partial charge in [0.15, 0.2) is 11.5 Å². The van der Waals surface area contributed by atoms with Crippen molar-refractivity contribution in [2.45, 2.75) is 13.3 Å². The van der Waals surface area contributed by atoms with Crippen LogP contribution in [0.4, 0.5) is 5.69 Å². The molecule has 1 unspecified atom stereocenters. The van der Waals surface area contributed by atoms with Gasteiger partial charge in [0.25, 0.3) is 0 Å². The number of anilines is 1. The number of hydrogen-bond donors (Lipinski definition) is 1. The van der Waals surface area contributed by atoms with Crippen molar-refractivity contribution >= 4 is 5.69 Å². The molecule has 14 heavy (non-hydrogen) atoms. The zero-order chi connectivity index (χ0) is 9.54. The van der Waals surface area contributed by atoms with Crippen molar-refractivity contribution in [3.05, 3.63) is 17.7 Å². The van der Waals surface area contributed by atoms with Crippen LogP contribution in [0.15, 0.2) is 12.1 Å². The van der Waals surface area contributed by atoms with Gasteiger partial charge in [-0.3, -0.25) is 0 Å². The Bertz CT molecular complexity index is 376. The van der Waals surface area contributed by atoms with Gasteiger partial charge in [-0.05, 0) is 24.0 Å². The van der Waals surface area contributed by atoms with Gasteiger partial charge in [-0.2, -0.15) is 0 Å². The van der Waals surface area contributed by atoms with Crippen LogP contribution in [-0.2, 0) is 6.42 Å². The molecule has 0 saturated heterocycles. The Hall–Kier alpha value is -1.38. The molecule has 3 heteroatoms. The van der Waals surface area contributed by atoms with Crippen molar-refractivity contribution in [3.63, 3.8) is 0 Å². The van der Waals surface area contributed by atoms with Crippen LogP contribution in [0.2, 0.25) is 0 Å². The van der Waals surface area contributed by atoms with E-state index in [1.54, 1.807) is 0 Å². The van der Waals surface area contributed by atoms with Crippen LogP contribution in [0.1, 0.15) is 12.5 Å². The predicted molar refractivity (Wildman–Crippen MR) is 53.9 cm³/mol. The minimum absolute atomic E-state index is 0.355. The number of ether oxygens (including phenoxy) is 2. The summed E-state index contributed by atoms with van der Waals surface area (Å²) in [6.45, 7) is 3.65. The Balaban J connectivity index is 2.06. The number of nitrogens with one attached hydrogen (secondary N) is 1. The Labute approximate surface area is 83.0 Å². The number of rotatable bonds is 0. The summed E-state index contributed by atoms with van der Waals surface area (Å²) in [7, 11) is 0. The van der Waals surface area contributed by atoms with E-state index in [1.807, 2.05) is 6.07 Å². The molecule has 3 rings (SSSR count). The maximum Gasteiger partial charge on any atom is 0.231 e. The minimum Gasteiger partial charge on any atom is -0.454 e. The van der Waals surface area contributed by atoms with E-state index in [2.05, 4.69) is 18.3 Å². The molecule has 1 aromatic rings. The third-order valence-electron chi connectivity index (χ3n) is 2.81. The number of fused-ring (bicyclic) bond motifs is 2. The fourth-order valence-corrected chi connectivity index (χ4v) is 2.05. The average Bonchev–Trinajstić information content (AvgIpc) is 2.61. The second-order valence-electron chi connectivity index (χ2n) is 4.05. The smallest absolute Gasteiger partial charge is 0.231 e. The van der Waals surface area contributed by atoms with Crippen LogP contribution < -0.4 is 14.8 Å². The molecule has 0 amide bonds. The average molecular weight is 191 g/mol. The van der Waals surface area contributed by atoms with Crippen LogP contribution in [0.5, 0.6) is 11.5 Å². The van der Waals surface area contributed by atoms with Crippen molar-refractivity contribution < 1.29 is 9.47 Å². The lowest BCUT2D eigenvalue weighted by Crippen LogP contribution is -2.20. The highest BCUT2D eigenvalue weighted by atomic mass is 16.7. The molecule has 0 aromatic heterocycles. The molecule has 1 atom stereocenters. The molecular weight excluding hydrogens is 178 g/mol. The summed E-state index contributed by atoms with van der Waals surface area (Å²) >= 11 is 0. The maximum absolute atomic E-state index is 5.35. The largest absolute Gasteiger partial charge is 0.454 e. The maximum atomic E-state index is 5.35. The van der Waals surface area contributed by atoms with Crippen LogP contribution >= 0.6 is 0 Å². The molecule has 0 bridgehead atoms. The number of benzene rings is 1. The van der Waals surface area contributed by atoms with Crippen LogP contribution in [0.3, 0.4) is 0 Å². The molecule has 0 saturated carbocycles. The molecule has 0 aliphatic carbocycles. The van der Waals surface area contributed by atoms with Gasteiger partial charge in [0.2, 0.25) is 6.79 Å². The normalized spacial score (nSPS) is 22.8. The van der Waals surface area contributed by atoms with Gasteiger partial charge in [0.05, 0.1) is 0 Å². The summed E-state index contributed by atoms with van der Waals surface area (Å²) in [6.07, 6.45) is 1.12. The second-order valence-corrected chi connectivity index (χ2v) is 4.05. The van der Waals surface area contributed by atoms with Crippen LogP contribution in [-0.4, -0.2) is 13.3 Å². The molecular formula is C11H13NO2. The van der Waals surface area contributed by atoms with E-state index in [-0.39, 0.29) is 0 Å². The summed E-state index contributed by atoms with van der Waals surface area (Å²) in [5.41, 5.74) is 2.54. The minimum atomic E-state index is 0.355. The van der Waals surface area contributed by atoms with E-state index in [1.165, 1.54) is 11.3 Å². The molecule has 2 heterocycles. The zero-order valence-corrected chi connectivity index (χ0v) is 8.17. The highest BCUT2D eigenvalue weighted by Gasteiger charge is 2.21. The monoisotopic (exact) mass is 191 g/mol. The fourth-order valence-electron chi connectivity index (χ4n) is 2.05. The van der Waals surface area contributed by atoms with Crippen molar-refractivity contribution in [1.29, 1.82) is 0 Å². The summed E-state index contributed by atoms with van der Waals surface area (Å²) in [6, 6.07) is 4.14. The third kappa shape index (κ3) is 1.12. The van der Waals surface area contributed by atoms with Gasteiger partial charge in [0.1, 0.15) is 0 Å². The summed E-state index contributed by atoms with van der Waals surface area (Å²) in [4.78, 5) is 0. The third-order valence-corrected chi connectivity index (χ3v) is 2.81. The lowest BCUT2D eigenvalue weighted by Gasteiger charge is -2.23. The van der Waals surface area contributed by atoms with Gasteiger partial charge in [-0.25, -0.2) is 0 Å². The Morgan fingerprint density at radius 3 is 2.93 bits per heavy atom. The molecule has 2 aliphatic rings. The van der Waals surface area contributed by atoms with Crippen molar-refractivity contribution in [3.8, 4) is 11.5 Å². The molecule has 1 aromatic carbocycles. The van der Waals surface area contributed by atoms with Crippen molar-refractivity contribution in [2.24, 2.45) is 5.92 Å². The van der Waals surface area contributed by atoms with E-state index in [4.69, 9.17) is 9.47 Å². The van der Waals surface area contributed by atoms with Gasteiger partial charge in [0, 0.05) is 18.3 Å². The Kier molecular flexibility index (Phi) is 1.60. The molecule has 3 nitrogen and oxygen atoms in total. The zero-order valence-electron chi connectivity index (χ0n) is 8.17. The van der Waals surface area contributed by atoms with Crippen LogP contribution in [0.25, 0.3) is 0 Å². The van der Waals surface area contributed by atoms with E-state index >= 15 is 0 Å². The standard InChI is InChI=1S/C11H13NO2/c1-7-2-8-3-10-11(14-6-13-10)4-9(8)12-5-7/h3-4,7,12H,2,5-6H2,1H3. The lowest BCUT2D eigenvalue weighted by atomic mass is 9.95. The van der Waals surface area contributed by atoms with E-state index in [0.717, 1.165) is 24.5 Å².